The van der Waals surface area contributed by atoms with Crippen molar-refractivity contribution in [2.75, 3.05) is 0 Å². The van der Waals surface area contributed by atoms with Crippen molar-refractivity contribution in [2.24, 2.45) is 5.92 Å². The molecule has 0 N–H and O–H groups in total. The van der Waals surface area contributed by atoms with Crippen LogP contribution >= 0.6 is 0 Å². The van der Waals surface area contributed by atoms with Gasteiger partial charge in [0.25, 0.3) is 0 Å². The third-order valence-electron chi connectivity index (χ3n) is 6.46. The van der Waals surface area contributed by atoms with Crippen LogP contribution in [0.5, 0.6) is 0 Å². The van der Waals surface area contributed by atoms with Gasteiger partial charge in [0.05, 0.1) is 23.2 Å². The molecule has 26 heavy (non-hydrogen) atoms. The number of carbonyl (C=O) groups excluding carboxylic acids is 2. The number of carbonyl (C=O) groups is 2. The topological polar surface area (TPSA) is 77.7 Å². The summed E-state index contributed by atoms with van der Waals surface area (Å²) in [6, 6.07) is 0. The molecule has 0 aromatic rings. The van der Waals surface area contributed by atoms with Crippen LogP contribution in [0.15, 0.2) is 23.8 Å². The molecule has 142 valence electrons. The van der Waals surface area contributed by atoms with Gasteiger partial charge in [-0.2, -0.15) is 0 Å². The largest absolute Gasteiger partial charge is 0.458 e. The highest BCUT2D eigenvalue weighted by atomic mass is 16.7. The smallest absolute Gasteiger partial charge is 0.334 e. The minimum absolute atomic E-state index is 0.121. The SMILES string of the molecule is C=C1C(=O)OC2C1C(OC(=O)C(C)=CC)CC1(C)OC1CCC1(C)OC21. The van der Waals surface area contributed by atoms with E-state index in [0.29, 0.717) is 17.6 Å². The van der Waals surface area contributed by atoms with Gasteiger partial charge in [-0.3, -0.25) is 0 Å². The first-order valence-corrected chi connectivity index (χ1v) is 9.28. The van der Waals surface area contributed by atoms with Crippen LogP contribution in [0.25, 0.3) is 0 Å². The van der Waals surface area contributed by atoms with E-state index in [9.17, 15) is 9.59 Å². The fourth-order valence-corrected chi connectivity index (χ4v) is 4.41. The van der Waals surface area contributed by atoms with E-state index >= 15 is 0 Å². The van der Waals surface area contributed by atoms with E-state index in [1.807, 2.05) is 13.8 Å². The molecule has 0 radical (unpaired) electrons. The van der Waals surface area contributed by atoms with Crippen molar-refractivity contribution in [3.05, 3.63) is 23.8 Å². The lowest BCUT2D eigenvalue weighted by molar-refractivity contribution is -0.149. The minimum Gasteiger partial charge on any atom is -0.458 e. The van der Waals surface area contributed by atoms with Crippen LogP contribution in [0.3, 0.4) is 0 Å². The van der Waals surface area contributed by atoms with E-state index in [2.05, 4.69) is 6.58 Å². The summed E-state index contributed by atoms with van der Waals surface area (Å²) in [5.41, 5.74) is 0.195. The Morgan fingerprint density at radius 2 is 2.04 bits per heavy atom. The zero-order valence-electron chi connectivity index (χ0n) is 15.7. The number of fused-ring (bicyclic) bond motifs is 4. The second kappa shape index (κ2) is 5.67. The number of allylic oxidation sites excluding steroid dienone is 1. The lowest BCUT2D eigenvalue weighted by atomic mass is 9.79. The summed E-state index contributed by atoms with van der Waals surface area (Å²) in [7, 11) is 0. The summed E-state index contributed by atoms with van der Waals surface area (Å²) >= 11 is 0. The number of epoxide rings is 2. The van der Waals surface area contributed by atoms with Crippen molar-refractivity contribution in [1.82, 2.24) is 0 Å². The van der Waals surface area contributed by atoms with Gasteiger partial charge in [-0.05, 0) is 40.5 Å². The van der Waals surface area contributed by atoms with E-state index in [4.69, 9.17) is 18.9 Å². The van der Waals surface area contributed by atoms with Crippen LogP contribution in [0.1, 0.15) is 47.0 Å². The van der Waals surface area contributed by atoms with Crippen LogP contribution in [0.2, 0.25) is 0 Å². The summed E-state index contributed by atoms with van der Waals surface area (Å²) in [5, 5.41) is 0. The fourth-order valence-electron chi connectivity index (χ4n) is 4.41. The standard InChI is InChI=1S/C20H26O6/c1-6-10(2)17(21)23-12-9-20(5)13(25-20)7-8-19(4)16(26-19)15-14(12)11(3)18(22)24-15/h6,12-16H,3,7-9H2,1-2,4-5H3. The Hall–Kier alpha value is -1.66. The highest BCUT2D eigenvalue weighted by Crippen LogP contribution is 2.55. The average molecular weight is 362 g/mol. The van der Waals surface area contributed by atoms with E-state index in [0.717, 1.165) is 12.8 Å². The molecule has 3 heterocycles. The number of hydrogen-bond donors (Lipinski definition) is 0. The fraction of sp³-hybridized carbons (Fsp3) is 0.700. The molecule has 0 aromatic heterocycles. The van der Waals surface area contributed by atoms with E-state index < -0.39 is 24.1 Å². The summed E-state index contributed by atoms with van der Waals surface area (Å²) in [4.78, 5) is 24.7. The predicted molar refractivity (Wildman–Crippen MR) is 92.2 cm³/mol. The van der Waals surface area contributed by atoms with E-state index in [-0.39, 0.29) is 29.4 Å². The lowest BCUT2D eigenvalue weighted by Gasteiger charge is -2.29. The van der Waals surface area contributed by atoms with Crippen molar-refractivity contribution in [3.8, 4) is 0 Å². The first kappa shape index (κ1) is 17.7. The molecule has 1 saturated carbocycles. The Labute approximate surface area is 153 Å². The third kappa shape index (κ3) is 2.70. The molecule has 6 nitrogen and oxygen atoms in total. The van der Waals surface area contributed by atoms with Crippen molar-refractivity contribution in [3.63, 3.8) is 0 Å². The van der Waals surface area contributed by atoms with Crippen LogP contribution in [0, 0.1) is 5.92 Å². The van der Waals surface area contributed by atoms with Gasteiger partial charge in [0.2, 0.25) is 0 Å². The van der Waals surface area contributed by atoms with Crippen LogP contribution < -0.4 is 0 Å². The zero-order chi connectivity index (χ0) is 18.9. The third-order valence-corrected chi connectivity index (χ3v) is 6.46. The molecule has 3 aliphatic heterocycles. The number of rotatable bonds is 2. The van der Waals surface area contributed by atoms with Crippen LogP contribution in [-0.4, -0.2) is 47.6 Å². The molecule has 4 aliphatic rings. The van der Waals surface area contributed by atoms with Gasteiger partial charge in [-0.25, -0.2) is 9.59 Å². The maximum absolute atomic E-state index is 12.4. The predicted octanol–water partition coefficient (Wildman–Crippen LogP) is 2.46. The van der Waals surface area contributed by atoms with Gasteiger partial charge >= 0.3 is 11.9 Å². The molecule has 4 rings (SSSR count). The van der Waals surface area contributed by atoms with Gasteiger partial charge in [0.1, 0.15) is 18.3 Å². The molecule has 0 bridgehead atoms. The van der Waals surface area contributed by atoms with Crippen LogP contribution in [0.4, 0.5) is 0 Å². The highest BCUT2D eigenvalue weighted by molar-refractivity contribution is 5.91. The normalized spacial score (nSPS) is 47.2. The summed E-state index contributed by atoms with van der Waals surface area (Å²) < 4.78 is 23.3. The number of hydrogen-bond acceptors (Lipinski definition) is 6. The van der Waals surface area contributed by atoms with E-state index in [1.54, 1.807) is 19.9 Å². The minimum atomic E-state index is -0.539. The zero-order valence-corrected chi connectivity index (χ0v) is 15.7. The molecular formula is C20H26O6. The van der Waals surface area contributed by atoms with Gasteiger partial charge in [-0.15, -0.1) is 0 Å². The van der Waals surface area contributed by atoms with Crippen molar-refractivity contribution >= 4 is 11.9 Å². The number of ether oxygens (including phenoxy) is 4. The van der Waals surface area contributed by atoms with Crippen molar-refractivity contribution in [2.45, 2.75) is 82.6 Å². The first-order valence-electron chi connectivity index (χ1n) is 9.28. The molecular weight excluding hydrogens is 336 g/mol. The molecule has 6 heteroatoms. The summed E-state index contributed by atoms with van der Waals surface area (Å²) in [6.45, 7) is 11.5. The van der Waals surface area contributed by atoms with Crippen LogP contribution in [-0.2, 0) is 28.5 Å². The monoisotopic (exact) mass is 362 g/mol. The number of esters is 2. The average Bonchev–Trinajstić information content (AvgIpc) is 3.42. The highest BCUT2D eigenvalue weighted by Gasteiger charge is 2.66. The second-order valence-corrected chi connectivity index (χ2v) is 8.35. The quantitative estimate of drug-likeness (QED) is 0.427. The van der Waals surface area contributed by atoms with Gasteiger partial charge in [0.15, 0.2) is 0 Å². The molecule has 4 fully saturated rings. The first-order chi connectivity index (χ1) is 12.2. The Morgan fingerprint density at radius 1 is 1.31 bits per heavy atom. The Kier molecular flexibility index (Phi) is 3.87. The maximum Gasteiger partial charge on any atom is 0.334 e. The Balaban J connectivity index is 1.67. The van der Waals surface area contributed by atoms with Gasteiger partial charge < -0.3 is 18.9 Å². The Bertz CT molecular complexity index is 711. The molecule has 7 unspecified atom stereocenters. The molecule has 0 spiro atoms. The summed E-state index contributed by atoms with van der Waals surface area (Å²) in [6.07, 6.45) is 2.88. The second-order valence-electron chi connectivity index (χ2n) is 8.35. The molecule has 7 atom stereocenters. The molecule has 0 amide bonds. The van der Waals surface area contributed by atoms with Gasteiger partial charge in [-0.1, -0.05) is 12.7 Å². The van der Waals surface area contributed by atoms with Crippen molar-refractivity contribution in [1.29, 1.82) is 0 Å². The maximum atomic E-state index is 12.4. The lowest BCUT2D eigenvalue weighted by Crippen LogP contribution is -2.41. The Morgan fingerprint density at radius 3 is 2.73 bits per heavy atom. The molecule has 1 aliphatic carbocycles. The molecule has 0 aromatic carbocycles. The van der Waals surface area contributed by atoms with Crippen molar-refractivity contribution < 1.29 is 28.5 Å². The van der Waals surface area contributed by atoms with E-state index in [1.165, 1.54) is 0 Å². The molecule has 3 saturated heterocycles. The van der Waals surface area contributed by atoms with Gasteiger partial charge in [0, 0.05) is 17.6 Å². The summed E-state index contributed by atoms with van der Waals surface area (Å²) in [5.74, 6) is -1.23.